The number of ether oxygens (including phenoxy) is 4. The van der Waals surface area contributed by atoms with Gasteiger partial charge in [-0.1, -0.05) is 125 Å². The number of para-hydroxylation sites is 2. The molecule has 110 heavy (non-hydrogen) atoms. The lowest BCUT2D eigenvalue weighted by Gasteiger charge is -2.32. The molecule has 14 rings (SSSR count). The molecule has 4 aromatic carbocycles. The zero-order chi connectivity index (χ0) is 78.6. The van der Waals surface area contributed by atoms with Crippen molar-refractivity contribution in [2.24, 2.45) is 58.2 Å². The highest BCUT2D eigenvalue weighted by Gasteiger charge is 2.63. The van der Waals surface area contributed by atoms with Crippen LogP contribution in [0.1, 0.15) is 185 Å². The number of nitrogens with zero attached hydrogens (tertiary/aromatic N) is 4. The predicted octanol–water partition coefficient (Wildman–Crippen LogP) is 13.3. The van der Waals surface area contributed by atoms with Gasteiger partial charge in [-0.05, 0) is 189 Å². The van der Waals surface area contributed by atoms with Crippen molar-refractivity contribution in [3.8, 4) is 11.8 Å². The van der Waals surface area contributed by atoms with Crippen molar-refractivity contribution in [3.05, 3.63) is 121 Å². The molecular formula is C86H106N6O16S2. The molecule has 22 nitrogen and oxygen atoms in total. The standard InChI is InChI=1S/2C43H53N3O8S/c2*1-26-12-6-7-13-28-23-43(28,41(50)45-55(51,52)30-18-19-30)24-37(47)36-21-29(25-46(36)40(49)34(27(2)20-26)22-38(48)54-42(3,4)5)53-39-33-16-9-8-14-31(33)32-15-10-11-17-35(32)44-39/h2*7-11,13-17,26-30,34,36H,6,12,18-25H2,1-5H3,(H,45,50)/b2*13-7-/t26-,27+,28+,29+,34-,36-,43+;26-,27-,28-,29-,34+,36+,43-/m01/s1. The smallest absolute Gasteiger partial charge is 0.307 e. The van der Waals surface area contributed by atoms with Gasteiger partial charge < -0.3 is 28.7 Å². The number of carbonyl (C=O) groups is 8. The second-order valence-electron chi connectivity index (χ2n) is 34.9. The van der Waals surface area contributed by atoms with Crippen LogP contribution in [-0.4, -0.2) is 143 Å². The molecule has 0 radical (unpaired) electrons. The fraction of sp³-hybridized carbons (Fsp3) is 0.558. The van der Waals surface area contributed by atoms with E-state index in [4.69, 9.17) is 28.9 Å². The molecule has 2 saturated heterocycles. The van der Waals surface area contributed by atoms with Crippen LogP contribution < -0.4 is 18.9 Å². The zero-order valence-electron chi connectivity index (χ0n) is 64.9. The lowest BCUT2D eigenvalue weighted by Crippen LogP contribution is -2.47. The fourth-order valence-electron chi connectivity index (χ4n) is 17.3. The molecule has 24 heteroatoms. The van der Waals surface area contributed by atoms with Crippen LogP contribution in [0.15, 0.2) is 121 Å². The molecule has 4 aliphatic carbocycles. The Morgan fingerprint density at radius 2 is 0.827 bits per heavy atom. The SMILES string of the molecule is C[C@@H]1CC/C=C\[C@@H]2C[C@@]2(C(=O)NS(=O)(=O)C2CC2)CC(=O)[C@@H]2C[C@@H](Oc3nc4ccccc4c4ccccc34)CN2C(=O)[C@@H](CC(=O)OC(C)(C)C)[C@H](C)C1.C[C@H]1CC/C=C\[C@@H]2C[C@@]2(C(=O)NS(=O)(=O)C2CC2)CC(=O)[C@@H]2C[C@@H](Oc3nc4ccccc4c4ccccc34)CN2C(=O)[C@@H](CC(=O)OC(C)(C)C)[C@H](C)C1. The third kappa shape index (κ3) is 18.0. The summed E-state index contributed by atoms with van der Waals surface area (Å²) in [4.78, 5) is 126. The molecule has 14 atom stereocenters. The Labute approximate surface area is 645 Å². The number of fused-ring (bicyclic) bond motifs is 10. The number of benzene rings is 4. The minimum absolute atomic E-state index is 0.0732. The van der Waals surface area contributed by atoms with Crippen molar-refractivity contribution < 1.29 is 74.1 Å². The van der Waals surface area contributed by atoms with Crippen LogP contribution in [0, 0.1) is 58.2 Å². The van der Waals surface area contributed by atoms with Crippen molar-refractivity contribution >= 4 is 111 Å². The predicted molar refractivity (Wildman–Crippen MR) is 419 cm³/mol. The Kier molecular flexibility index (Phi) is 22.7. The molecule has 6 heterocycles. The minimum Gasteiger partial charge on any atom is -0.472 e. The van der Waals surface area contributed by atoms with Gasteiger partial charge in [0.2, 0.25) is 55.4 Å². The van der Waals surface area contributed by atoms with Crippen molar-refractivity contribution in [3.63, 3.8) is 0 Å². The fourth-order valence-corrected chi connectivity index (χ4v) is 20.1. The van der Waals surface area contributed by atoms with E-state index < -0.39 is 112 Å². The number of ketones is 2. The van der Waals surface area contributed by atoms with Gasteiger partial charge in [-0.2, -0.15) is 0 Å². The molecule has 588 valence electrons. The molecule has 4 amide bonds. The summed E-state index contributed by atoms with van der Waals surface area (Å²) in [5.41, 5.74) is -2.47. The van der Waals surface area contributed by atoms with E-state index in [1.54, 1.807) is 51.3 Å². The summed E-state index contributed by atoms with van der Waals surface area (Å²) < 4.78 is 81.1. The first-order chi connectivity index (χ1) is 52.1. The maximum atomic E-state index is 14.9. The number of carbonyl (C=O) groups excluding carboxylic acids is 8. The van der Waals surface area contributed by atoms with Crippen molar-refractivity contribution in [2.45, 2.75) is 231 Å². The van der Waals surface area contributed by atoms with Crippen LogP contribution >= 0.6 is 0 Å². The van der Waals surface area contributed by atoms with E-state index in [2.05, 4.69) is 23.3 Å². The number of amides is 4. The topological polar surface area (TPSA) is 298 Å². The summed E-state index contributed by atoms with van der Waals surface area (Å²) in [6, 6.07) is 29.3. The third-order valence-electron chi connectivity index (χ3n) is 23.6. The first kappa shape index (κ1) is 79.4. The lowest BCUT2D eigenvalue weighted by molar-refractivity contribution is -0.160. The van der Waals surface area contributed by atoms with E-state index in [0.29, 0.717) is 63.1 Å². The molecule has 4 saturated carbocycles. The molecule has 8 aliphatic rings. The molecule has 0 unspecified atom stereocenters. The van der Waals surface area contributed by atoms with Gasteiger partial charge in [0.1, 0.15) is 23.4 Å². The second-order valence-corrected chi connectivity index (χ2v) is 38.9. The van der Waals surface area contributed by atoms with Gasteiger partial charge in [0.25, 0.3) is 0 Å². The van der Waals surface area contributed by atoms with Crippen molar-refractivity contribution in [1.82, 2.24) is 29.2 Å². The van der Waals surface area contributed by atoms with Crippen LogP contribution in [0.2, 0.25) is 0 Å². The number of hydrogen-bond acceptors (Lipinski definition) is 18. The van der Waals surface area contributed by atoms with Crippen molar-refractivity contribution in [2.75, 3.05) is 13.1 Å². The first-order valence-corrected chi connectivity index (χ1v) is 42.6. The highest BCUT2D eigenvalue weighted by Crippen LogP contribution is 2.59. The summed E-state index contributed by atoms with van der Waals surface area (Å²) in [7, 11) is -7.70. The summed E-state index contributed by atoms with van der Waals surface area (Å²) in [5.74, 6) is -4.96. The highest BCUT2D eigenvalue weighted by molar-refractivity contribution is 7.91. The highest BCUT2D eigenvalue weighted by atomic mass is 32.2. The molecule has 2 aromatic heterocycles. The van der Waals surface area contributed by atoms with Crippen molar-refractivity contribution in [1.29, 1.82) is 0 Å². The molecule has 2 N–H and O–H groups in total. The maximum absolute atomic E-state index is 14.9. The second kappa shape index (κ2) is 31.5. The number of hydrogen-bond donors (Lipinski definition) is 2. The number of rotatable bonds is 14. The molecule has 6 aromatic rings. The number of esters is 2. The number of nitrogens with one attached hydrogen (secondary N) is 2. The maximum Gasteiger partial charge on any atom is 0.307 e. The van der Waals surface area contributed by atoms with Gasteiger partial charge in [-0.3, -0.25) is 47.8 Å². The number of sulfonamides is 2. The van der Waals surface area contributed by atoms with E-state index in [-0.39, 0.29) is 111 Å². The Balaban J connectivity index is 0.000000193. The summed E-state index contributed by atoms with van der Waals surface area (Å²) in [5, 5.41) is 4.29. The van der Waals surface area contributed by atoms with Crippen LogP contribution in [0.4, 0.5) is 0 Å². The summed E-state index contributed by atoms with van der Waals surface area (Å²) in [6.45, 7) is 19.1. The average Bonchev–Trinajstić information content (AvgIpc) is 1.57. The van der Waals surface area contributed by atoms with E-state index in [1.807, 2.05) is 135 Å². The van der Waals surface area contributed by atoms with Gasteiger partial charge in [0.15, 0.2) is 11.6 Å². The van der Waals surface area contributed by atoms with Gasteiger partial charge in [0.05, 0.1) is 82.2 Å². The molecule has 6 fully saturated rings. The molecule has 4 aliphatic heterocycles. The van der Waals surface area contributed by atoms with E-state index in [1.165, 1.54) is 0 Å². The Hall–Kier alpha value is -8.64. The van der Waals surface area contributed by atoms with Gasteiger partial charge in [-0.25, -0.2) is 26.8 Å². The number of Topliss-reactive ketones (excluding diaryl/α,β-unsaturated/α-hetero) is 2. The minimum atomic E-state index is -3.85. The molecule has 0 bridgehead atoms. The first-order valence-electron chi connectivity index (χ1n) is 39.5. The summed E-state index contributed by atoms with van der Waals surface area (Å²) in [6.07, 6.45) is 13.4. The monoisotopic (exact) mass is 1540 g/mol. The van der Waals surface area contributed by atoms with E-state index in [9.17, 15) is 55.2 Å². The van der Waals surface area contributed by atoms with Crippen LogP contribution in [0.25, 0.3) is 43.4 Å². The van der Waals surface area contributed by atoms with Crippen LogP contribution in [-0.2, 0) is 67.9 Å². The third-order valence-corrected chi connectivity index (χ3v) is 27.3. The molecular weight excluding hydrogens is 1440 g/mol. The summed E-state index contributed by atoms with van der Waals surface area (Å²) >= 11 is 0. The van der Waals surface area contributed by atoms with Gasteiger partial charge in [-0.15, -0.1) is 0 Å². The Morgan fingerprint density at radius 3 is 1.18 bits per heavy atom. The Bertz CT molecular complexity index is 4580. The van der Waals surface area contributed by atoms with Gasteiger partial charge in [0, 0.05) is 47.2 Å². The number of pyridine rings is 2. The molecule has 0 spiro atoms. The quantitative estimate of drug-likeness (QED) is 0.0581. The normalized spacial score (nSPS) is 29.8. The zero-order valence-corrected chi connectivity index (χ0v) is 66.5. The Morgan fingerprint density at radius 1 is 0.482 bits per heavy atom. The average molecular weight is 1540 g/mol. The van der Waals surface area contributed by atoms with Gasteiger partial charge >= 0.3 is 11.9 Å². The van der Waals surface area contributed by atoms with E-state index in [0.717, 1.165) is 69.0 Å². The largest absolute Gasteiger partial charge is 0.472 e. The number of aromatic nitrogens is 2. The van der Waals surface area contributed by atoms with Crippen LogP contribution in [0.3, 0.4) is 0 Å². The lowest BCUT2D eigenvalue weighted by atomic mass is 9.82. The van der Waals surface area contributed by atoms with Crippen LogP contribution in [0.5, 0.6) is 11.8 Å². The number of allylic oxidation sites excluding steroid dienone is 4. The van der Waals surface area contributed by atoms with E-state index >= 15 is 0 Å².